The van der Waals surface area contributed by atoms with Gasteiger partial charge in [0.1, 0.15) is 0 Å². The molecule has 2 rings (SSSR count). The molecule has 0 amide bonds. The Morgan fingerprint density at radius 1 is 1.35 bits per heavy atom. The Morgan fingerprint density at radius 2 is 2.12 bits per heavy atom. The van der Waals surface area contributed by atoms with Crippen LogP contribution in [0.25, 0.3) is 0 Å². The van der Waals surface area contributed by atoms with Gasteiger partial charge in [0.25, 0.3) is 0 Å². The van der Waals surface area contributed by atoms with Crippen molar-refractivity contribution in [2.45, 2.75) is 46.6 Å². The topological polar surface area (TPSA) is 17.0 Å². The molecule has 2 atom stereocenters. The predicted octanol–water partition coefficient (Wildman–Crippen LogP) is 3.17. The number of rotatable bonds is 4. The lowest BCUT2D eigenvalue weighted by Crippen LogP contribution is -2.21. The van der Waals surface area contributed by atoms with Crippen LogP contribution >= 0.6 is 0 Å². The summed E-state index contributed by atoms with van der Waals surface area (Å²) in [6.07, 6.45) is 4.26. The summed E-state index contributed by atoms with van der Waals surface area (Å²) in [7, 11) is 2.15. The van der Waals surface area contributed by atoms with Gasteiger partial charge in [-0.25, -0.2) is 0 Å². The molecule has 1 fully saturated rings. The number of nitrogens with zero attached hydrogens (tertiary/aromatic N) is 1. The third-order valence-corrected chi connectivity index (χ3v) is 4.43. The van der Waals surface area contributed by atoms with E-state index in [1.54, 1.807) is 0 Å². The highest BCUT2D eigenvalue weighted by molar-refractivity contribution is 5.26. The molecule has 2 nitrogen and oxygen atoms in total. The van der Waals surface area contributed by atoms with Crippen molar-refractivity contribution in [3.05, 3.63) is 23.0 Å². The summed E-state index contributed by atoms with van der Waals surface area (Å²) in [5.41, 5.74) is 4.21. The van der Waals surface area contributed by atoms with E-state index in [1.165, 1.54) is 42.8 Å². The SMILES string of the molecule is Cc1cc(CNCC2CCC(C)C2)c(C)n1C. The second kappa shape index (κ2) is 5.26. The van der Waals surface area contributed by atoms with Crippen LogP contribution in [0.3, 0.4) is 0 Å². The van der Waals surface area contributed by atoms with Crippen molar-refractivity contribution in [1.29, 1.82) is 0 Å². The Bertz CT molecular complexity index is 379. The molecule has 1 saturated carbocycles. The van der Waals surface area contributed by atoms with E-state index in [4.69, 9.17) is 0 Å². The van der Waals surface area contributed by atoms with Gasteiger partial charge in [-0.05, 0) is 56.7 Å². The number of aromatic nitrogens is 1. The maximum Gasteiger partial charge on any atom is 0.0223 e. The van der Waals surface area contributed by atoms with Gasteiger partial charge in [-0.15, -0.1) is 0 Å². The number of nitrogens with one attached hydrogen (secondary N) is 1. The van der Waals surface area contributed by atoms with Gasteiger partial charge in [0.2, 0.25) is 0 Å². The van der Waals surface area contributed by atoms with Gasteiger partial charge in [0.05, 0.1) is 0 Å². The van der Waals surface area contributed by atoms with E-state index in [1.807, 2.05) is 0 Å². The van der Waals surface area contributed by atoms with E-state index < -0.39 is 0 Å². The molecular weight excluding hydrogens is 208 g/mol. The Kier molecular flexibility index (Phi) is 3.93. The maximum absolute atomic E-state index is 3.63. The van der Waals surface area contributed by atoms with Crippen LogP contribution < -0.4 is 5.32 Å². The van der Waals surface area contributed by atoms with Crippen LogP contribution in [0.5, 0.6) is 0 Å². The number of hydrogen-bond donors (Lipinski definition) is 1. The monoisotopic (exact) mass is 234 g/mol. The molecule has 1 aromatic heterocycles. The van der Waals surface area contributed by atoms with Crippen LogP contribution in [-0.2, 0) is 13.6 Å². The summed E-state index contributed by atoms with van der Waals surface area (Å²) >= 11 is 0. The minimum absolute atomic E-state index is 0.912. The van der Waals surface area contributed by atoms with Crippen LogP contribution in [0, 0.1) is 25.7 Å². The molecule has 1 aromatic rings. The lowest BCUT2D eigenvalue weighted by atomic mass is 10.1. The predicted molar refractivity (Wildman–Crippen MR) is 73.1 cm³/mol. The summed E-state index contributed by atoms with van der Waals surface area (Å²) < 4.78 is 2.27. The van der Waals surface area contributed by atoms with Crippen LogP contribution in [0.4, 0.5) is 0 Å². The van der Waals surface area contributed by atoms with Gasteiger partial charge in [-0.1, -0.05) is 13.3 Å². The van der Waals surface area contributed by atoms with Crippen molar-refractivity contribution >= 4 is 0 Å². The summed E-state index contributed by atoms with van der Waals surface area (Å²) in [4.78, 5) is 0. The standard InChI is InChI=1S/C15H26N2/c1-11-5-6-14(7-11)9-16-10-15-8-12(2)17(4)13(15)3/h8,11,14,16H,5-7,9-10H2,1-4H3. The van der Waals surface area contributed by atoms with Gasteiger partial charge in [0, 0.05) is 25.0 Å². The number of aryl methyl sites for hydroxylation is 1. The first-order valence-corrected chi connectivity index (χ1v) is 6.90. The zero-order chi connectivity index (χ0) is 12.4. The fourth-order valence-corrected chi connectivity index (χ4v) is 3.03. The fraction of sp³-hybridized carbons (Fsp3) is 0.733. The van der Waals surface area contributed by atoms with E-state index in [-0.39, 0.29) is 0 Å². The van der Waals surface area contributed by atoms with Crippen molar-refractivity contribution in [2.75, 3.05) is 6.54 Å². The zero-order valence-corrected chi connectivity index (χ0v) is 11.7. The Hall–Kier alpha value is -0.760. The molecule has 0 radical (unpaired) electrons. The first kappa shape index (κ1) is 12.7. The molecule has 1 heterocycles. The second-order valence-electron chi connectivity index (χ2n) is 5.87. The van der Waals surface area contributed by atoms with Crippen LogP contribution in [-0.4, -0.2) is 11.1 Å². The van der Waals surface area contributed by atoms with Crippen molar-refractivity contribution in [3.8, 4) is 0 Å². The summed E-state index contributed by atoms with van der Waals surface area (Å²) in [5.74, 6) is 1.86. The zero-order valence-electron chi connectivity index (χ0n) is 11.7. The fourth-order valence-electron chi connectivity index (χ4n) is 3.03. The molecule has 1 N–H and O–H groups in total. The molecule has 2 heteroatoms. The summed E-state index contributed by atoms with van der Waals surface area (Å²) in [6.45, 7) is 8.98. The van der Waals surface area contributed by atoms with E-state index in [0.29, 0.717) is 0 Å². The highest BCUT2D eigenvalue weighted by Gasteiger charge is 2.20. The minimum atomic E-state index is 0.912. The van der Waals surface area contributed by atoms with Gasteiger partial charge in [0.15, 0.2) is 0 Å². The summed E-state index contributed by atoms with van der Waals surface area (Å²) in [6, 6.07) is 2.31. The summed E-state index contributed by atoms with van der Waals surface area (Å²) in [5, 5.41) is 3.63. The average Bonchev–Trinajstić information content (AvgIpc) is 2.80. The van der Waals surface area contributed by atoms with E-state index in [2.05, 4.69) is 43.8 Å². The molecule has 2 unspecified atom stereocenters. The molecule has 1 aliphatic carbocycles. The van der Waals surface area contributed by atoms with Crippen molar-refractivity contribution in [3.63, 3.8) is 0 Å². The normalized spacial score (nSPS) is 24.5. The lowest BCUT2D eigenvalue weighted by Gasteiger charge is -2.11. The highest BCUT2D eigenvalue weighted by Crippen LogP contribution is 2.29. The molecule has 17 heavy (non-hydrogen) atoms. The van der Waals surface area contributed by atoms with Crippen LogP contribution in [0.1, 0.15) is 43.1 Å². The second-order valence-corrected chi connectivity index (χ2v) is 5.87. The van der Waals surface area contributed by atoms with Gasteiger partial charge in [-0.2, -0.15) is 0 Å². The van der Waals surface area contributed by atoms with E-state index >= 15 is 0 Å². The van der Waals surface area contributed by atoms with Gasteiger partial charge >= 0.3 is 0 Å². The number of hydrogen-bond acceptors (Lipinski definition) is 1. The lowest BCUT2D eigenvalue weighted by molar-refractivity contribution is 0.470. The van der Waals surface area contributed by atoms with Crippen molar-refractivity contribution in [1.82, 2.24) is 9.88 Å². The Balaban J connectivity index is 1.80. The third-order valence-electron chi connectivity index (χ3n) is 4.43. The van der Waals surface area contributed by atoms with E-state index in [9.17, 15) is 0 Å². The first-order valence-electron chi connectivity index (χ1n) is 6.90. The van der Waals surface area contributed by atoms with Gasteiger partial charge < -0.3 is 9.88 Å². The molecule has 0 aliphatic heterocycles. The maximum atomic E-state index is 3.63. The molecule has 0 saturated heterocycles. The molecule has 0 spiro atoms. The Morgan fingerprint density at radius 3 is 2.65 bits per heavy atom. The molecule has 0 aromatic carbocycles. The highest BCUT2D eigenvalue weighted by atomic mass is 15.0. The van der Waals surface area contributed by atoms with Crippen molar-refractivity contribution < 1.29 is 0 Å². The van der Waals surface area contributed by atoms with Crippen LogP contribution in [0.15, 0.2) is 6.07 Å². The Labute approximate surface area is 105 Å². The largest absolute Gasteiger partial charge is 0.352 e. The first-order chi connectivity index (χ1) is 8.08. The molecule has 1 aliphatic rings. The van der Waals surface area contributed by atoms with Crippen LogP contribution in [0.2, 0.25) is 0 Å². The smallest absolute Gasteiger partial charge is 0.0223 e. The molecule has 0 bridgehead atoms. The average molecular weight is 234 g/mol. The third kappa shape index (κ3) is 2.92. The van der Waals surface area contributed by atoms with E-state index in [0.717, 1.165) is 18.4 Å². The quantitative estimate of drug-likeness (QED) is 0.846. The van der Waals surface area contributed by atoms with Gasteiger partial charge in [-0.3, -0.25) is 0 Å². The van der Waals surface area contributed by atoms with Crippen molar-refractivity contribution in [2.24, 2.45) is 18.9 Å². The minimum Gasteiger partial charge on any atom is -0.352 e. The molecular formula is C15H26N2. The molecule has 96 valence electrons.